The Hall–Kier alpha value is -1.47. The molecule has 0 radical (unpaired) electrons. The van der Waals surface area contributed by atoms with Crippen molar-refractivity contribution in [1.82, 2.24) is 5.32 Å². The van der Waals surface area contributed by atoms with Crippen LogP contribution in [0.1, 0.15) is 42.1 Å². The van der Waals surface area contributed by atoms with Crippen molar-refractivity contribution >= 4 is 15.9 Å². The zero-order valence-electron chi connectivity index (χ0n) is 12.0. The maximum absolute atomic E-state index is 13.8. The summed E-state index contributed by atoms with van der Waals surface area (Å²) < 4.78 is 36.6. The molecule has 1 aromatic rings. The minimum atomic E-state index is -4.20. The van der Waals surface area contributed by atoms with Gasteiger partial charge in [-0.25, -0.2) is 17.9 Å². The van der Waals surface area contributed by atoms with Crippen molar-refractivity contribution in [3.8, 4) is 0 Å². The first-order valence-electron chi connectivity index (χ1n) is 6.82. The number of carbonyl (C=O) groups excluding carboxylic acids is 1. The average molecular weight is 314 g/mol. The molecule has 0 heterocycles. The maximum atomic E-state index is 13.8. The summed E-state index contributed by atoms with van der Waals surface area (Å²) in [5.41, 5.74) is 0.184. The number of hydrogen-bond donors (Lipinski definition) is 2. The third-order valence-electron chi connectivity index (χ3n) is 3.82. The van der Waals surface area contributed by atoms with Gasteiger partial charge in [-0.05, 0) is 49.8 Å². The number of sulfonamides is 1. The second-order valence-electron chi connectivity index (χ2n) is 5.74. The second kappa shape index (κ2) is 5.73. The Morgan fingerprint density at radius 1 is 1.38 bits per heavy atom. The number of hydrogen-bond acceptors (Lipinski definition) is 3. The quantitative estimate of drug-likeness (QED) is 0.890. The number of nitrogens with two attached hydrogens (primary N) is 1. The number of amides is 1. The number of benzene rings is 1. The highest BCUT2D eigenvalue weighted by molar-refractivity contribution is 7.89. The molecule has 7 heteroatoms. The standard InChI is InChI=1S/C14H19FN2O3S/c1-8-3-4-11(5-8)17-14(18)10-6-9(2)13(15)12(7-10)21(16,19)20/h6-8,11H,3-5H2,1-2H3,(H,17,18)(H2,16,19,20). The Labute approximate surface area is 123 Å². The monoisotopic (exact) mass is 314 g/mol. The van der Waals surface area contributed by atoms with Crippen molar-refractivity contribution in [3.05, 3.63) is 29.1 Å². The van der Waals surface area contributed by atoms with Crippen molar-refractivity contribution < 1.29 is 17.6 Å². The summed E-state index contributed by atoms with van der Waals surface area (Å²) >= 11 is 0. The van der Waals surface area contributed by atoms with E-state index in [9.17, 15) is 17.6 Å². The maximum Gasteiger partial charge on any atom is 0.251 e. The number of aryl methyl sites for hydroxylation is 1. The van der Waals surface area contributed by atoms with Crippen LogP contribution in [0.2, 0.25) is 0 Å². The predicted octanol–water partition coefficient (Wildman–Crippen LogP) is 1.70. The van der Waals surface area contributed by atoms with E-state index in [0.29, 0.717) is 5.92 Å². The van der Waals surface area contributed by atoms with E-state index in [-0.39, 0.29) is 17.2 Å². The number of halogens is 1. The molecule has 0 aliphatic heterocycles. The lowest BCUT2D eigenvalue weighted by Crippen LogP contribution is -2.33. The van der Waals surface area contributed by atoms with Crippen LogP contribution >= 0.6 is 0 Å². The van der Waals surface area contributed by atoms with E-state index in [2.05, 4.69) is 12.2 Å². The smallest absolute Gasteiger partial charge is 0.251 e. The van der Waals surface area contributed by atoms with Gasteiger partial charge in [-0.15, -0.1) is 0 Å². The molecule has 2 atom stereocenters. The molecule has 21 heavy (non-hydrogen) atoms. The van der Waals surface area contributed by atoms with Crippen LogP contribution in [-0.4, -0.2) is 20.4 Å². The van der Waals surface area contributed by atoms with Gasteiger partial charge in [0.25, 0.3) is 5.91 Å². The Morgan fingerprint density at radius 2 is 2.05 bits per heavy atom. The third kappa shape index (κ3) is 3.59. The molecule has 1 fully saturated rings. The zero-order chi connectivity index (χ0) is 15.8. The molecule has 1 aliphatic carbocycles. The largest absolute Gasteiger partial charge is 0.349 e. The second-order valence-corrected chi connectivity index (χ2v) is 7.27. The fraction of sp³-hybridized carbons (Fsp3) is 0.500. The number of rotatable bonds is 3. The van der Waals surface area contributed by atoms with Crippen LogP contribution in [0.25, 0.3) is 0 Å². The van der Waals surface area contributed by atoms with E-state index in [4.69, 9.17) is 5.14 Å². The van der Waals surface area contributed by atoms with Gasteiger partial charge in [0.05, 0.1) is 0 Å². The molecule has 2 unspecified atom stereocenters. The Morgan fingerprint density at radius 3 is 2.57 bits per heavy atom. The van der Waals surface area contributed by atoms with Gasteiger partial charge in [-0.2, -0.15) is 0 Å². The lowest BCUT2D eigenvalue weighted by Gasteiger charge is -2.14. The number of carbonyl (C=O) groups is 1. The van der Waals surface area contributed by atoms with Gasteiger partial charge in [-0.1, -0.05) is 6.92 Å². The normalized spacial score (nSPS) is 22.3. The lowest BCUT2D eigenvalue weighted by atomic mass is 10.1. The first kappa shape index (κ1) is 15.9. The van der Waals surface area contributed by atoms with Crippen molar-refractivity contribution in [3.63, 3.8) is 0 Å². The van der Waals surface area contributed by atoms with Gasteiger partial charge < -0.3 is 5.32 Å². The van der Waals surface area contributed by atoms with Crippen LogP contribution in [0.4, 0.5) is 4.39 Å². The summed E-state index contributed by atoms with van der Waals surface area (Å²) in [6.45, 7) is 3.52. The van der Waals surface area contributed by atoms with Crippen LogP contribution < -0.4 is 10.5 Å². The minimum absolute atomic E-state index is 0.0754. The highest BCUT2D eigenvalue weighted by Crippen LogP contribution is 2.25. The van der Waals surface area contributed by atoms with Crippen LogP contribution in [0.3, 0.4) is 0 Å². The summed E-state index contributed by atoms with van der Waals surface area (Å²) in [6, 6.07) is 2.40. The first-order chi connectivity index (χ1) is 9.68. The molecule has 0 saturated heterocycles. The van der Waals surface area contributed by atoms with E-state index < -0.39 is 26.6 Å². The summed E-state index contributed by atoms with van der Waals surface area (Å²) in [7, 11) is -4.20. The molecule has 1 aromatic carbocycles. The Balaban J connectivity index is 2.28. The third-order valence-corrected chi connectivity index (χ3v) is 4.73. The number of primary sulfonamides is 1. The molecule has 0 aromatic heterocycles. The first-order valence-corrected chi connectivity index (χ1v) is 8.37. The molecule has 0 bridgehead atoms. The Kier molecular flexibility index (Phi) is 4.34. The van der Waals surface area contributed by atoms with Crippen LogP contribution in [0, 0.1) is 18.7 Å². The molecule has 2 rings (SSSR count). The Bertz CT molecular complexity index is 673. The minimum Gasteiger partial charge on any atom is -0.349 e. The molecular weight excluding hydrogens is 295 g/mol. The fourth-order valence-electron chi connectivity index (χ4n) is 2.68. The topological polar surface area (TPSA) is 89.3 Å². The van der Waals surface area contributed by atoms with Gasteiger partial charge in [0.2, 0.25) is 10.0 Å². The van der Waals surface area contributed by atoms with E-state index in [1.165, 1.54) is 13.0 Å². The SMILES string of the molecule is Cc1cc(C(=O)NC2CCC(C)C2)cc(S(N)(=O)=O)c1F. The molecule has 116 valence electrons. The highest BCUT2D eigenvalue weighted by atomic mass is 32.2. The van der Waals surface area contributed by atoms with Crippen LogP contribution in [0.15, 0.2) is 17.0 Å². The van der Waals surface area contributed by atoms with Crippen molar-refractivity contribution in [2.24, 2.45) is 11.1 Å². The molecular formula is C14H19FN2O3S. The molecule has 5 nitrogen and oxygen atoms in total. The van der Waals surface area contributed by atoms with Gasteiger partial charge in [0, 0.05) is 11.6 Å². The lowest BCUT2D eigenvalue weighted by molar-refractivity contribution is 0.0937. The van der Waals surface area contributed by atoms with E-state index in [1.807, 2.05) is 0 Å². The number of nitrogens with one attached hydrogen (secondary N) is 1. The van der Waals surface area contributed by atoms with Gasteiger partial charge in [0.1, 0.15) is 10.7 Å². The van der Waals surface area contributed by atoms with E-state index >= 15 is 0 Å². The molecule has 3 N–H and O–H groups in total. The fourth-order valence-corrected chi connectivity index (χ4v) is 3.38. The summed E-state index contributed by atoms with van der Waals surface area (Å²) in [4.78, 5) is 11.5. The molecule has 1 saturated carbocycles. The summed E-state index contributed by atoms with van der Waals surface area (Å²) in [6.07, 6.45) is 2.85. The van der Waals surface area contributed by atoms with E-state index in [0.717, 1.165) is 25.3 Å². The van der Waals surface area contributed by atoms with Crippen LogP contribution in [0.5, 0.6) is 0 Å². The van der Waals surface area contributed by atoms with Crippen molar-refractivity contribution in [1.29, 1.82) is 0 Å². The summed E-state index contributed by atoms with van der Waals surface area (Å²) in [5.74, 6) is -0.754. The highest BCUT2D eigenvalue weighted by Gasteiger charge is 2.25. The molecule has 0 spiro atoms. The van der Waals surface area contributed by atoms with Gasteiger partial charge in [0.15, 0.2) is 0 Å². The van der Waals surface area contributed by atoms with Crippen molar-refractivity contribution in [2.45, 2.75) is 44.0 Å². The van der Waals surface area contributed by atoms with Gasteiger partial charge in [-0.3, -0.25) is 4.79 Å². The summed E-state index contributed by atoms with van der Waals surface area (Å²) in [5, 5.41) is 7.83. The molecule has 1 amide bonds. The van der Waals surface area contributed by atoms with Gasteiger partial charge >= 0.3 is 0 Å². The predicted molar refractivity (Wildman–Crippen MR) is 76.8 cm³/mol. The average Bonchev–Trinajstić information content (AvgIpc) is 2.76. The van der Waals surface area contributed by atoms with Crippen molar-refractivity contribution in [2.75, 3.05) is 0 Å². The zero-order valence-corrected chi connectivity index (χ0v) is 12.8. The molecule has 1 aliphatic rings. The van der Waals surface area contributed by atoms with Crippen LogP contribution in [-0.2, 0) is 10.0 Å². The van der Waals surface area contributed by atoms with E-state index in [1.54, 1.807) is 0 Å².